The summed E-state index contributed by atoms with van der Waals surface area (Å²) >= 11 is 0. The molecule has 0 fully saturated rings. The number of anilines is 1. The first-order valence-corrected chi connectivity index (χ1v) is 5.39. The third-order valence-electron chi connectivity index (χ3n) is 2.13. The number of benzene rings is 1. The second-order valence-electron chi connectivity index (χ2n) is 3.45. The Labute approximate surface area is 103 Å². The summed E-state index contributed by atoms with van der Waals surface area (Å²) in [7, 11) is 0. The van der Waals surface area contributed by atoms with Crippen LogP contribution in [-0.4, -0.2) is 34.2 Å². The zero-order valence-electron chi connectivity index (χ0n) is 9.59. The first-order valence-electron chi connectivity index (χ1n) is 5.39. The summed E-state index contributed by atoms with van der Waals surface area (Å²) in [5.74, 6) is 0.527. The number of nitrogens with zero attached hydrogens (tertiary/aromatic N) is 2. The first kappa shape index (κ1) is 12.1. The lowest BCUT2D eigenvalue weighted by Crippen LogP contribution is -2.13. The minimum absolute atomic E-state index is 0.165. The molecule has 0 aliphatic carbocycles. The van der Waals surface area contributed by atoms with E-state index >= 15 is 0 Å². The van der Waals surface area contributed by atoms with Gasteiger partial charge >= 0.3 is 0 Å². The first-order chi connectivity index (χ1) is 8.79. The molecular weight excluding hydrogens is 234 g/mol. The number of aromatic nitrogens is 3. The van der Waals surface area contributed by atoms with Crippen LogP contribution in [0.4, 0.5) is 5.69 Å². The number of hydrogen-bond acceptors (Lipinski definition) is 5. The molecule has 2 aromatic rings. The van der Waals surface area contributed by atoms with Gasteiger partial charge < -0.3 is 15.8 Å². The molecule has 1 aromatic carbocycles. The van der Waals surface area contributed by atoms with E-state index in [1.54, 1.807) is 24.3 Å². The van der Waals surface area contributed by atoms with Crippen LogP contribution in [0.2, 0.25) is 0 Å². The maximum absolute atomic E-state index is 11.6. The molecule has 7 nitrogen and oxygen atoms in total. The Morgan fingerprint density at radius 3 is 2.78 bits per heavy atom. The van der Waals surface area contributed by atoms with E-state index in [4.69, 9.17) is 10.5 Å². The molecule has 1 amide bonds. The number of carbonyl (C=O) groups is 1. The van der Waals surface area contributed by atoms with Crippen LogP contribution in [0.5, 0.6) is 5.75 Å². The maximum atomic E-state index is 11.6. The SMILES string of the molecule is NCCOc1ccc(NC(=O)c2ncn[nH]2)cc1. The van der Waals surface area contributed by atoms with E-state index < -0.39 is 0 Å². The van der Waals surface area contributed by atoms with Crippen molar-refractivity contribution in [3.63, 3.8) is 0 Å². The van der Waals surface area contributed by atoms with Gasteiger partial charge in [0.15, 0.2) is 0 Å². The third kappa shape index (κ3) is 3.05. The topological polar surface area (TPSA) is 106 Å². The fraction of sp³-hybridized carbons (Fsp3) is 0.182. The number of aromatic amines is 1. The van der Waals surface area contributed by atoms with E-state index in [0.717, 1.165) is 0 Å². The van der Waals surface area contributed by atoms with Crippen molar-refractivity contribution < 1.29 is 9.53 Å². The Balaban J connectivity index is 1.96. The van der Waals surface area contributed by atoms with Crippen molar-refractivity contribution in [1.82, 2.24) is 15.2 Å². The van der Waals surface area contributed by atoms with Gasteiger partial charge in [-0.05, 0) is 24.3 Å². The average Bonchev–Trinajstić information content (AvgIpc) is 2.92. The van der Waals surface area contributed by atoms with Gasteiger partial charge in [0, 0.05) is 12.2 Å². The summed E-state index contributed by atoms with van der Waals surface area (Å²) < 4.78 is 5.32. The van der Waals surface area contributed by atoms with Crippen LogP contribution in [0.1, 0.15) is 10.6 Å². The molecule has 0 saturated carbocycles. The number of rotatable bonds is 5. The van der Waals surface area contributed by atoms with E-state index in [0.29, 0.717) is 24.6 Å². The highest BCUT2D eigenvalue weighted by Crippen LogP contribution is 2.15. The van der Waals surface area contributed by atoms with Gasteiger partial charge in [0.25, 0.3) is 5.91 Å². The Bertz CT molecular complexity index is 495. The summed E-state index contributed by atoms with van der Waals surface area (Å²) in [6, 6.07) is 6.98. The number of hydrogen-bond donors (Lipinski definition) is 3. The second kappa shape index (κ2) is 5.78. The number of nitrogens with two attached hydrogens (primary N) is 1. The molecule has 0 saturated heterocycles. The van der Waals surface area contributed by atoms with Gasteiger partial charge in [-0.1, -0.05) is 0 Å². The zero-order valence-corrected chi connectivity index (χ0v) is 9.59. The minimum Gasteiger partial charge on any atom is -0.492 e. The lowest BCUT2D eigenvalue weighted by Gasteiger charge is -2.06. The quantitative estimate of drug-likeness (QED) is 0.708. The van der Waals surface area contributed by atoms with Crippen LogP contribution in [0.3, 0.4) is 0 Å². The molecular formula is C11H13N5O2. The van der Waals surface area contributed by atoms with Crippen molar-refractivity contribution in [3.05, 3.63) is 36.4 Å². The van der Waals surface area contributed by atoms with Crippen molar-refractivity contribution >= 4 is 11.6 Å². The van der Waals surface area contributed by atoms with Gasteiger partial charge in [-0.3, -0.25) is 9.89 Å². The van der Waals surface area contributed by atoms with E-state index in [1.165, 1.54) is 6.33 Å². The fourth-order valence-electron chi connectivity index (χ4n) is 1.32. The Hall–Kier alpha value is -2.41. The van der Waals surface area contributed by atoms with Crippen LogP contribution >= 0.6 is 0 Å². The van der Waals surface area contributed by atoms with Gasteiger partial charge in [-0.2, -0.15) is 5.10 Å². The number of nitrogens with one attached hydrogen (secondary N) is 2. The van der Waals surface area contributed by atoms with Gasteiger partial charge in [0.05, 0.1) is 0 Å². The van der Waals surface area contributed by atoms with Crippen LogP contribution in [-0.2, 0) is 0 Å². The molecule has 0 aliphatic rings. The molecule has 7 heteroatoms. The van der Waals surface area contributed by atoms with Crippen molar-refractivity contribution in [3.8, 4) is 5.75 Å². The Morgan fingerprint density at radius 1 is 1.39 bits per heavy atom. The summed E-state index contributed by atoms with van der Waals surface area (Å²) in [5.41, 5.74) is 5.98. The van der Waals surface area contributed by atoms with Crippen molar-refractivity contribution in [2.45, 2.75) is 0 Å². The van der Waals surface area contributed by atoms with Gasteiger partial charge in [0.2, 0.25) is 5.82 Å². The van der Waals surface area contributed by atoms with E-state index in [9.17, 15) is 4.79 Å². The van der Waals surface area contributed by atoms with Crippen LogP contribution in [0.25, 0.3) is 0 Å². The standard InChI is InChI=1S/C11H13N5O2/c12-5-6-18-9-3-1-8(2-4-9)15-11(17)10-13-7-14-16-10/h1-4,7H,5-6,12H2,(H,15,17)(H,13,14,16). The fourth-order valence-corrected chi connectivity index (χ4v) is 1.32. The molecule has 0 atom stereocenters. The number of H-pyrrole nitrogens is 1. The largest absolute Gasteiger partial charge is 0.492 e. The van der Waals surface area contributed by atoms with Crippen LogP contribution < -0.4 is 15.8 Å². The van der Waals surface area contributed by atoms with E-state index in [1.807, 2.05) is 0 Å². The Kier molecular flexibility index (Phi) is 3.87. The summed E-state index contributed by atoms with van der Waals surface area (Å²) in [6.45, 7) is 0.924. The third-order valence-corrected chi connectivity index (χ3v) is 2.13. The molecule has 1 heterocycles. The lowest BCUT2D eigenvalue weighted by molar-refractivity contribution is 0.101. The smallest absolute Gasteiger partial charge is 0.292 e. The molecule has 4 N–H and O–H groups in total. The summed E-state index contributed by atoms with van der Waals surface area (Å²) in [6.07, 6.45) is 1.28. The van der Waals surface area contributed by atoms with Gasteiger partial charge in [-0.15, -0.1) is 0 Å². The maximum Gasteiger partial charge on any atom is 0.292 e. The predicted octanol–water partition coefficient (Wildman–Crippen LogP) is 0.394. The highest BCUT2D eigenvalue weighted by molar-refractivity contribution is 6.01. The number of carbonyl (C=O) groups excluding carboxylic acids is 1. The molecule has 0 bridgehead atoms. The molecule has 0 aliphatic heterocycles. The normalized spacial score (nSPS) is 10.1. The van der Waals surface area contributed by atoms with E-state index in [2.05, 4.69) is 20.5 Å². The highest BCUT2D eigenvalue weighted by Gasteiger charge is 2.08. The van der Waals surface area contributed by atoms with Crippen LogP contribution in [0, 0.1) is 0 Å². The molecule has 94 valence electrons. The van der Waals surface area contributed by atoms with Crippen molar-refractivity contribution in [2.75, 3.05) is 18.5 Å². The monoisotopic (exact) mass is 247 g/mol. The van der Waals surface area contributed by atoms with Gasteiger partial charge in [-0.25, -0.2) is 4.98 Å². The van der Waals surface area contributed by atoms with E-state index in [-0.39, 0.29) is 11.7 Å². The molecule has 0 radical (unpaired) electrons. The second-order valence-corrected chi connectivity index (χ2v) is 3.45. The lowest BCUT2D eigenvalue weighted by atomic mass is 10.3. The van der Waals surface area contributed by atoms with Crippen molar-refractivity contribution in [2.24, 2.45) is 5.73 Å². The molecule has 0 unspecified atom stereocenters. The highest BCUT2D eigenvalue weighted by atomic mass is 16.5. The number of ether oxygens (including phenoxy) is 1. The summed E-state index contributed by atoms with van der Waals surface area (Å²) in [4.78, 5) is 15.4. The van der Waals surface area contributed by atoms with Crippen LogP contribution in [0.15, 0.2) is 30.6 Å². The molecule has 0 spiro atoms. The molecule has 1 aromatic heterocycles. The minimum atomic E-state index is -0.344. The average molecular weight is 247 g/mol. The predicted molar refractivity (Wildman–Crippen MR) is 65.3 cm³/mol. The Morgan fingerprint density at radius 2 is 2.17 bits per heavy atom. The zero-order chi connectivity index (χ0) is 12.8. The molecule has 18 heavy (non-hydrogen) atoms. The number of amides is 1. The summed E-state index contributed by atoms with van der Waals surface area (Å²) in [5, 5.41) is 8.76. The van der Waals surface area contributed by atoms with Gasteiger partial charge in [0.1, 0.15) is 18.7 Å². The van der Waals surface area contributed by atoms with Crippen molar-refractivity contribution in [1.29, 1.82) is 0 Å². The molecule has 2 rings (SSSR count).